The molecule has 1 aliphatic heterocycles. The van der Waals surface area contributed by atoms with Gasteiger partial charge in [-0.15, -0.1) is 0 Å². The second-order valence-electron chi connectivity index (χ2n) is 8.13. The lowest BCUT2D eigenvalue weighted by Crippen LogP contribution is -2.49. The molecule has 0 radical (unpaired) electrons. The van der Waals surface area contributed by atoms with Crippen molar-refractivity contribution in [2.24, 2.45) is 5.73 Å². The number of anilines is 4. The van der Waals surface area contributed by atoms with Crippen molar-refractivity contribution in [3.05, 3.63) is 30.0 Å². The molecule has 1 aromatic heterocycles. The van der Waals surface area contributed by atoms with Crippen LogP contribution in [-0.4, -0.2) is 53.9 Å². The zero-order valence-corrected chi connectivity index (χ0v) is 18.5. The Morgan fingerprint density at radius 1 is 1.33 bits per heavy atom. The molecule has 0 atom stereocenters. The molecule has 2 aromatic rings. The third-order valence-electron chi connectivity index (χ3n) is 6.05. The Morgan fingerprint density at radius 2 is 2.06 bits per heavy atom. The highest BCUT2D eigenvalue weighted by Crippen LogP contribution is 2.40. The highest BCUT2D eigenvalue weighted by atomic mass is 19.3. The predicted molar refractivity (Wildman–Crippen MR) is 119 cm³/mol. The molecular formula is C22H26F2N6O3. The van der Waals surface area contributed by atoms with Crippen molar-refractivity contribution in [3.63, 3.8) is 0 Å². The van der Waals surface area contributed by atoms with E-state index in [1.807, 2.05) is 0 Å². The van der Waals surface area contributed by atoms with Crippen molar-refractivity contribution >= 4 is 35.0 Å². The van der Waals surface area contributed by atoms with Gasteiger partial charge in [-0.1, -0.05) is 12.8 Å². The molecule has 1 aliphatic carbocycles. The van der Waals surface area contributed by atoms with E-state index in [1.165, 1.54) is 25.4 Å². The third-order valence-corrected chi connectivity index (χ3v) is 6.05. The first-order valence-electron chi connectivity index (χ1n) is 10.8. The third kappa shape index (κ3) is 4.27. The van der Waals surface area contributed by atoms with E-state index in [0.29, 0.717) is 17.3 Å². The van der Waals surface area contributed by atoms with E-state index in [-0.39, 0.29) is 29.8 Å². The Labute approximate surface area is 189 Å². The average Bonchev–Trinajstić information content (AvgIpc) is 3.31. The number of carbonyl (C=O) groups excluding carboxylic acids is 2. The first-order valence-corrected chi connectivity index (χ1v) is 10.8. The molecule has 0 saturated heterocycles. The molecule has 1 fully saturated rings. The maximum atomic E-state index is 14.9. The van der Waals surface area contributed by atoms with Gasteiger partial charge in [0.05, 0.1) is 25.5 Å². The van der Waals surface area contributed by atoms with Gasteiger partial charge in [0.2, 0.25) is 11.9 Å². The van der Waals surface area contributed by atoms with Crippen LogP contribution in [0.15, 0.2) is 24.4 Å². The minimum atomic E-state index is -3.54. The number of aromatic nitrogens is 2. The maximum Gasteiger partial charge on any atom is 0.342 e. The number of primary amides is 1. The number of nitrogens with two attached hydrogens (primary N) is 1. The van der Waals surface area contributed by atoms with Crippen LogP contribution in [-0.2, 0) is 4.79 Å². The van der Waals surface area contributed by atoms with Crippen molar-refractivity contribution in [2.45, 2.75) is 44.6 Å². The van der Waals surface area contributed by atoms with Crippen LogP contribution in [0.5, 0.6) is 5.75 Å². The quantitative estimate of drug-likeness (QED) is 0.681. The van der Waals surface area contributed by atoms with Crippen LogP contribution in [0.4, 0.5) is 31.9 Å². The molecule has 9 nitrogen and oxygen atoms in total. The van der Waals surface area contributed by atoms with Gasteiger partial charge in [0.25, 0.3) is 5.91 Å². The van der Waals surface area contributed by atoms with Crippen molar-refractivity contribution in [1.29, 1.82) is 0 Å². The molecule has 2 amide bonds. The number of amides is 2. The minimum absolute atomic E-state index is 0.0679. The number of benzene rings is 1. The Kier molecular flexibility index (Phi) is 6.05. The topological polar surface area (TPSA) is 114 Å². The zero-order chi connectivity index (χ0) is 23.8. The summed E-state index contributed by atoms with van der Waals surface area (Å²) >= 11 is 0. The summed E-state index contributed by atoms with van der Waals surface area (Å²) in [5, 5.41) is 3.02. The summed E-state index contributed by atoms with van der Waals surface area (Å²) in [5.74, 6) is -4.61. The number of ether oxygens (including phenoxy) is 1. The monoisotopic (exact) mass is 460 g/mol. The lowest BCUT2D eigenvalue weighted by molar-refractivity contribution is -0.140. The van der Waals surface area contributed by atoms with E-state index >= 15 is 0 Å². The number of hydrogen-bond acceptors (Lipinski definition) is 7. The van der Waals surface area contributed by atoms with Crippen LogP contribution >= 0.6 is 0 Å². The first-order chi connectivity index (χ1) is 15.7. The lowest BCUT2D eigenvalue weighted by Gasteiger charge is -2.31. The van der Waals surface area contributed by atoms with Gasteiger partial charge in [0, 0.05) is 18.2 Å². The van der Waals surface area contributed by atoms with Gasteiger partial charge in [-0.2, -0.15) is 13.8 Å². The van der Waals surface area contributed by atoms with E-state index < -0.39 is 24.3 Å². The number of carbonyl (C=O) groups is 2. The number of nitrogens with one attached hydrogen (secondary N) is 1. The van der Waals surface area contributed by atoms with Gasteiger partial charge in [-0.25, -0.2) is 4.98 Å². The Balaban J connectivity index is 1.76. The number of halogens is 2. The smallest absolute Gasteiger partial charge is 0.342 e. The van der Waals surface area contributed by atoms with E-state index in [0.717, 1.165) is 30.6 Å². The minimum Gasteiger partial charge on any atom is -0.495 e. The molecule has 3 N–H and O–H groups in total. The highest BCUT2D eigenvalue weighted by molar-refractivity contribution is 6.02. The fraction of sp³-hybridized carbons (Fsp3) is 0.455. The Morgan fingerprint density at radius 3 is 2.70 bits per heavy atom. The summed E-state index contributed by atoms with van der Waals surface area (Å²) in [4.78, 5) is 35.5. The summed E-state index contributed by atoms with van der Waals surface area (Å²) in [6.07, 6.45) is 4.77. The number of alkyl halides is 2. The first kappa shape index (κ1) is 22.7. The SMILES string of the molecule is CCN1C(=O)C(F)(F)CN(C2CCCC2)c2nc(Nc3ccc(C(N)=O)cc3OC)ncc21. The maximum absolute atomic E-state index is 14.9. The number of hydrogen-bond donors (Lipinski definition) is 2. The summed E-state index contributed by atoms with van der Waals surface area (Å²) in [6, 6.07) is 4.47. The molecule has 4 rings (SSSR count). The molecule has 33 heavy (non-hydrogen) atoms. The molecule has 0 bridgehead atoms. The second kappa shape index (κ2) is 8.80. The standard InChI is InChI=1S/C22H26F2N6O3/c1-3-29-16-11-26-21(27-15-9-8-13(18(25)31)10-17(15)33-2)28-19(16)30(14-6-4-5-7-14)12-22(23,24)20(29)32/h8-11,14H,3-7,12H2,1-2H3,(H2,25,31)(H,26,27,28). The summed E-state index contributed by atoms with van der Waals surface area (Å²) in [6.45, 7) is 0.978. The normalized spacial score (nSPS) is 18.1. The molecular weight excluding hydrogens is 434 g/mol. The molecule has 0 unspecified atom stereocenters. The summed E-state index contributed by atoms with van der Waals surface area (Å²) in [5.41, 5.74) is 6.32. The summed E-state index contributed by atoms with van der Waals surface area (Å²) < 4.78 is 35.1. The van der Waals surface area contributed by atoms with Crippen molar-refractivity contribution in [1.82, 2.24) is 9.97 Å². The predicted octanol–water partition coefficient (Wildman–Crippen LogP) is 3.08. The highest BCUT2D eigenvalue weighted by Gasteiger charge is 2.49. The van der Waals surface area contributed by atoms with E-state index in [4.69, 9.17) is 10.5 Å². The second-order valence-corrected chi connectivity index (χ2v) is 8.13. The van der Waals surface area contributed by atoms with Crippen LogP contribution < -0.4 is 25.6 Å². The van der Waals surface area contributed by atoms with Gasteiger partial charge in [0.1, 0.15) is 11.4 Å². The van der Waals surface area contributed by atoms with Gasteiger partial charge in [-0.05, 0) is 38.0 Å². The average molecular weight is 460 g/mol. The molecule has 2 aliphatic rings. The van der Waals surface area contributed by atoms with Crippen LogP contribution in [0.25, 0.3) is 0 Å². The van der Waals surface area contributed by atoms with E-state index in [1.54, 1.807) is 17.9 Å². The van der Waals surface area contributed by atoms with Gasteiger partial charge in [-0.3, -0.25) is 9.59 Å². The molecule has 1 saturated carbocycles. The van der Waals surface area contributed by atoms with Gasteiger partial charge in [0.15, 0.2) is 5.82 Å². The molecule has 176 valence electrons. The van der Waals surface area contributed by atoms with E-state index in [9.17, 15) is 18.4 Å². The zero-order valence-electron chi connectivity index (χ0n) is 18.5. The van der Waals surface area contributed by atoms with Crippen molar-refractivity contribution in [2.75, 3.05) is 35.3 Å². The molecule has 2 heterocycles. The molecule has 0 spiro atoms. The number of rotatable bonds is 6. The van der Waals surface area contributed by atoms with E-state index in [2.05, 4.69) is 15.3 Å². The van der Waals surface area contributed by atoms with Gasteiger partial charge < -0.3 is 25.6 Å². The fourth-order valence-corrected chi connectivity index (χ4v) is 4.39. The number of methoxy groups -OCH3 is 1. The Bertz CT molecular complexity index is 1070. The van der Waals surface area contributed by atoms with Gasteiger partial charge >= 0.3 is 5.92 Å². The number of fused-ring (bicyclic) bond motifs is 1. The van der Waals surface area contributed by atoms with Crippen LogP contribution in [0.2, 0.25) is 0 Å². The van der Waals surface area contributed by atoms with Crippen molar-refractivity contribution < 1.29 is 23.1 Å². The van der Waals surface area contributed by atoms with Crippen LogP contribution in [0.1, 0.15) is 43.0 Å². The largest absolute Gasteiger partial charge is 0.495 e. The lowest BCUT2D eigenvalue weighted by atomic mass is 10.2. The van der Waals surface area contributed by atoms with Crippen LogP contribution in [0.3, 0.4) is 0 Å². The number of nitrogens with zero attached hydrogens (tertiary/aromatic N) is 4. The van der Waals surface area contributed by atoms with Crippen LogP contribution in [0, 0.1) is 0 Å². The Hall–Kier alpha value is -3.50. The molecule has 11 heteroatoms. The molecule has 1 aromatic carbocycles. The van der Waals surface area contributed by atoms with Crippen molar-refractivity contribution in [3.8, 4) is 5.75 Å². The fourth-order valence-electron chi connectivity index (χ4n) is 4.39. The summed E-state index contributed by atoms with van der Waals surface area (Å²) in [7, 11) is 1.44.